The number of para-hydroxylation sites is 2. The van der Waals surface area contributed by atoms with E-state index >= 15 is 0 Å². The molecule has 3 aromatic carbocycles. The Bertz CT molecular complexity index is 1590. The first-order chi connectivity index (χ1) is 15.9. The highest BCUT2D eigenvalue weighted by atomic mass is 15.0. The van der Waals surface area contributed by atoms with Crippen LogP contribution in [0.5, 0.6) is 0 Å². The molecule has 3 heterocycles. The molecule has 6 aromatic rings. The number of pyridine rings is 2. The van der Waals surface area contributed by atoms with Crippen molar-refractivity contribution >= 4 is 45.0 Å². The van der Waals surface area contributed by atoms with Crippen molar-refractivity contribution in [3.8, 4) is 0 Å². The minimum atomic E-state index is 0.769. The van der Waals surface area contributed by atoms with Crippen LogP contribution in [-0.2, 0) is 6.54 Å². The summed E-state index contributed by atoms with van der Waals surface area (Å²) in [5, 5.41) is 3.60. The molecule has 0 saturated heterocycles. The number of fused-ring (bicyclic) bond motifs is 4. The van der Waals surface area contributed by atoms with Gasteiger partial charge < -0.3 is 4.57 Å². The Kier molecular flexibility index (Phi) is 4.51. The van der Waals surface area contributed by atoms with Gasteiger partial charge in [-0.05, 0) is 47.5 Å². The van der Waals surface area contributed by atoms with Crippen LogP contribution < -0.4 is 0 Å². The number of aromatic nitrogens is 3. The van der Waals surface area contributed by atoms with E-state index in [4.69, 9.17) is 4.98 Å². The molecular weight excluding hydrogens is 390 g/mol. The molecule has 0 unspecified atom stereocenters. The number of benzene rings is 3. The lowest BCUT2D eigenvalue weighted by Gasteiger charge is -2.10. The third-order valence-electron chi connectivity index (χ3n) is 5.92. The monoisotopic (exact) mass is 411 g/mol. The summed E-state index contributed by atoms with van der Waals surface area (Å²) in [5.74, 6) is 0. The normalized spacial score (nSPS) is 11.8. The Morgan fingerprint density at radius 3 is 2.47 bits per heavy atom. The second kappa shape index (κ2) is 7.78. The van der Waals surface area contributed by atoms with E-state index in [-0.39, 0.29) is 0 Å². The average Bonchev–Trinajstić information content (AvgIpc) is 3.17. The van der Waals surface area contributed by atoms with Crippen molar-refractivity contribution in [2.24, 2.45) is 0 Å². The highest BCUT2D eigenvalue weighted by Crippen LogP contribution is 2.32. The van der Waals surface area contributed by atoms with Gasteiger partial charge in [0.1, 0.15) is 0 Å². The zero-order valence-electron chi connectivity index (χ0n) is 17.5. The summed E-state index contributed by atoms with van der Waals surface area (Å²) in [4.78, 5) is 9.09. The zero-order chi connectivity index (χ0) is 21.3. The molecule has 0 radical (unpaired) electrons. The molecule has 0 aliphatic carbocycles. The predicted molar refractivity (Wildman–Crippen MR) is 133 cm³/mol. The summed E-state index contributed by atoms with van der Waals surface area (Å²) in [6.07, 6.45) is 6.03. The van der Waals surface area contributed by atoms with Gasteiger partial charge in [-0.2, -0.15) is 0 Å². The number of hydrogen-bond donors (Lipinski definition) is 0. The molecule has 0 fully saturated rings. The molecule has 3 aromatic heterocycles. The lowest BCUT2D eigenvalue weighted by atomic mass is 10.1. The topological polar surface area (TPSA) is 30.7 Å². The Hall–Kier alpha value is -4.24. The fourth-order valence-corrected chi connectivity index (χ4v) is 4.44. The summed E-state index contributed by atoms with van der Waals surface area (Å²) in [5.41, 5.74) is 6.63. The predicted octanol–water partition coefficient (Wildman–Crippen LogP) is 6.96. The molecule has 0 aliphatic heterocycles. The van der Waals surface area contributed by atoms with Gasteiger partial charge in [-0.25, -0.2) is 9.97 Å². The third kappa shape index (κ3) is 3.25. The van der Waals surface area contributed by atoms with Crippen molar-refractivity contribution < 1.29 is 0 Å². The highest BCUT2D eigenvalue weighted by molar-refractivity contribution is 6.10. The Balaban J connectivity index is 1.51. The van der Waals surface area contributed by atoms with E-state index in [1.807, 2.05) is 18.2 Å². The molecule has 3 nitrogen and oxygen atoms in total. The van der Waals surface area contributed by atoms with Gasteiger partial charge in [0.2, 0.25) is 0 Å². The van der Waals surface area contributed by atoms with Gasteiger partial charge in [-0.15, -0.1) is 0 Å². The molecule has 0 N–H and O–H groups in total. The zero-order valence-corrected chi connectivity index (χ0v) is 17.5. The van der Waals surface area contributed by atoms with E-state index in [1.54, 1.807) is 6.20 Å². The van der Waals surface area contributed by atoms with Gasteiger partial charge in [0.25, 0.3) is 0 Å². The molecule has 3 heteroatoms. The molecule has 32 heavy (non-hydrogen) atoms. The first-order valence-corrected chi connectivity index (χ1v) is 10.8. The summed E-state index contributed by atoms with van der Waals surface area (Å²) in [6, 6.07) is 33.9. The van der Waals surface area contributed by atoms with Gasteiger partial charge >= 0.3 is 0 Å². The summed E-state index contributed by atoms with van der Waals surface area (Å²) in [6.45, 7) is 0.827. The molecule has 0 bridgehead atoms. The SMILES string of the molecule is C(=Cc1cccc2c3ccccc3n(Cc3ccccc3)c12)c1ccc2cccnc2n1. The van der Waals surface area contributed by atoms with Crippen molar-refractivity contribution in [1.82, 2.24) is 14.5 Å². The van der Waals surface area contributed by atoms with E-state index in [0.29, 0.717) is 0 Å². The Morgan fingerprint density at radius 2 is 1.53 bits per heavy atom. The van der Waals surface area contributed by atoms with Gasteiger partial charge in [0.05, 0.1) is 11.2 Å². The van der Waals surface area contributed by atoms with Crippen LogP contribution in [0.3, 0.4) is 0 Å². The first-order valence-electron chi connectivity index (χ1n) is 10.8. The molecule has 6 rings (SSSR count). The van der Waals surface area contributed by atoms with Crippen LogP contribution in [0.25, 0.3) is 45.0 Å². The van der Waals surface area contributed by atoms with Gasteiger partial charge in [-0.1, -0.05) is 72.8 Å². The van der Waals surface area contributed by atoms with Crippen molar-refractivity contribution in [1.29, 1.82) is 0 Å². The van der Waals surface area contributed by atoms with Crippen LogP contribution >= 0.6 is 0 Å². The van der Waals surface area contributed by atoms with E-state index < -0.39 is 0 Å². The van der Waals surface area contributed by atoms with Crippen molar-refractivity contribution in [3.05, 3.63) is 120 Å². The largest absolute Gasteiger partial charge is 0.335 e. The number of nitrogens with zero attached hydrogens (tertiary/aromatic N) is 3. The molecule has 0 saturated carbocycles. The van der Waals surface area contributed by atoms with E-state index in [2.05, 4.69) is 101 Å². The maximum Gasteiger partial charge on any atom is 0.159 e. The number of rotatable bonds is 4. The highest BCUT2D eigenvalue weighted by Gasteiger charge is 2.13. The van der Waals surface area contributed by atoms with Crippen molar-refractivity contribution in [3.63, 3.8) is 0 Å². The summed E-state index contributed by atoms with van der Waals surface area (Å²) < 4.78 is 2.43. The standard InChI is InChI=1S/C29H21N3/c1-2-8-21(9-3-1)20-32-27-14-5-4-12-25(27)26-13-6-10-22(28(26)32)15-17-24-18-16-23-11-7-19-30-29(23)31-24/h1-19H,20H2. The minimum absolute atomic E-state index is 0.769. The van der Waals surface area contributed by atoms with Crippen LogP contribution in [-0.4, -0.2) is 14.5 Å². The van der Waals surface area contributed by atoms with Gasteiger partial charge in [-0.3, -0.25) is 0 Å². The average molecular weight is 412 g/mol. The molecule has 0 amide bonds. The van der Waals surface area contributed by atoms with E-state index in [0.717, 1.165) is 23.3 Å². The minimum Gasteiger partial charge on any atom is -0.335 e. The van der Waals surface area contributed by atoms with Gasteiger partial charge in [0.15, 0.2) is 5.65 Å². The van der Waals surface area contributed by atoms with Crippen molar-refractivity contribution in [2.75, 3.05) is 0 Å². The Morgan fingerprint density at radius 1 is 0.688 bits per heavy atom. The second-order valence-corrected chi connectivity index (χ2v) is 7.95. The molecule has 0 atom stereocenters. The molecule has 0 aliphatic rings. The van der Waals surface area contributed by atoms with Gasteiger partial charge in [0, 0.05) is 34.4 Å². The lowest BCUT2D eigenvalue weighted by Crippen LogP contribution is -2.00. The van der Waals surface area contributed by atoms with Crippen molar-refractivity contribution in [2.45, 2.75) is 6.54 Å². The molecule has 152 valence electrons. The van der Waals surface area contributed by atoms with Crippen LogP contribution in [0, 0.1) is 0 Å². The maximum atomic E-state index is 4.70. The Labute approximate surface area is 186 Å². The molecular formula is C29H21N3. The fourth-order valence-electron chi connectivity index (χ4n) is 4.44. The fraction of sp³-hybridized carbons (Fsp3) is 0.0345. The quantitative estimate of drug-likeness (QED) is 0.314. The first kappa shape index (κ1) is 18.5. The van der Waals surface area contributed by atoms with Crippen LogP contribution in [0.15, 0.2) is 103 Å². The molecule has 0 spiro atoms. The van der Waals surface area contributed by atoms with E-state index in [9.17, 15) is 0 Å². The van der Waals surface area contributed by atoms with Crippen LogP contribution in [0.4, 0.5) is 0 Å². The third-order valence-corrected chi connectivity index (χ3v) is 5.92. The van der Waals surface area contributed by atoms with Crippen LogP contribution in [0.2, 0.25) is 0 Å². The summed E-state index contributed by atoms with van der Waals surface area (Å²) >= 11 is 0. The lowest BCUT2D eigenvalue weighted by molar-refractivity contribution is 0.868. The second-order valence-electron chi connectivity index (χ2n) is 7.95. The van der Waals surface area contributed by atoms with E-state index in [1.165, 1.54) is 32.9 Å². The maximum absolute atomic E-state index is 4.70. The van der Waals surface area contributed by atoms with Crippen LogP contribution in [0.1, 0.15) is 16.8 Å². The number of hydrogen-bond acceptors (Lipinski definition) is 2. The summed E-state index contributed by atoms with van der Waals surface area (Å²) in [7, 11) is 0. The smallest absolute Gasteiger partial charge is 0.159 e.